The van der Waals surface area contributed by atoms with Crippen molar-refractivity contribution in [2.75, 3.05) is 12.8 Å². The Morgan fingerprint density at radius 3 is 2.75 bits per heavy atom. The smallest absolute Gasteiger partial charge is 0.165 e. The number of ether oxygens (including phenoxy) is 1. The van der Waals surface area contributed by atoms with Crippen LogP contribution in [0.3, 0.4) is 0 Å². The van der Waals surface area contributed by atoms with Crippen molar-refractivity contribution in [3.8, 4) is 5.75 Å². The summed E-state index contributed by atoms with van der Waals surface area (Å²) in [6, 6.07) is 5.31. The number of unbranched alkanes of at least 4 members (excludes halogenated alkanes) is 2. The number of hydrogen-bond acceptors (Lipinski definition) is 3. The van der Waals surface area contributed by atoms with Gasteiger partial charge in [-0.1, -0.05) is 25.8 Å². The second-order valence-corrected chi connectivity index (χ2v) is 3.80. The second kappa shape index (κ2) is 6.16. The van der Waals surface area contributed by atoms with Gasteiger partial charge in [0.15, 0.2) is 5.78 Å². The topological polar surface area (TPSA) is 52.3 Å². The Bertz CT molecular complexity index is 361. The summed E-state index contributed by atoms with van der Waals surface area (Å²) in [5, 5.41) is 0. The molecule has 0 saturated carbocycles. The Hall–Kier alpha value is -1.51. The zero-order chi connectivity index (χ0) is 12.0. The molecule has 88 valence electrons. The predicted molar refractivity (Wildman–Crippen MR) is 65.9 cm³/mol. The van der Waals surface area contributed by atoms with Gasteiger partial charge in [0.25, 0.3) is 0 Å². The van der Waals surface area contributed by atoms with Gasteiger partial charge >= 0.3 is 0 Å². The van der Waals surface area contributed by atoms with E-state index in [4.69, 9.17) is 10.5 Å². The first kappa shape index (κ1) is 12.6. The zero-order valence-electron chi connectivity index (χ0n) is 9.95. The number of anilines is 1. The van der Waals surface area contributed by atoms with Crippen LogP contribution >= 0.6 is 0 Å². The molecule has 0 radical (unpaired) electrons. The van der Waals surface area contributed by atoms with Crippen molar-refractivity contribution in [3.05, 3.63) is 23.8 Å². The number of carbonyl (C=O) groups excluding carboxylic acids is 1. The fraction of sp³-hybridized carbons (Fsp3) is 0.462. The minimum atomic E-state index is 0.102. The summed E-state index contributed by atoms with van der Waals surface area (Å²) < 4.78 is 5.08. The van der Waals surface area contributed by atoms with Crippen molar-refractivity contribution in [1.29, 1.82) is 0 Å². The van der Waals surface area contributed by atoms with Gasteiger partial charge in [0.05, 0.1) is 12.8 Å². The molecule has 0 unspecified atom stereocenters. The Kier molecular flexibility index (Phi) is 4.83. The number of methoxy groups -OCH3 is 1. The lowest BCUT2D eigenvalue weighted by Gasteiger charge is -2.08. The highest BCUT2D eigenvalue weighted by molar-refractivity contribution is 6.01. The van der Waals surface area contributed by atoms with Crippen molar-refractivity contribution < 1.29 is 9.53 Å². The molecule has 0 amide bonds. The zero-order valence-corrected chi connectivity index (χ0v) is 9.95. The lowest BCUT2D eigenvalue weighted by molar-refractivity contribution is 0.0980. The van der Waals surface area contributed by atoms with Gasteiger partial charge in [0, 0.05) is 12.0 Å². The molecule has 0 aliphatic heterocycles. The van der Waals surface area contributed by atoms with Gasteiger partial charge in [-0.15, -0.1) is 0 Å². The molecule has 3 heteroatoms. The number of ketones is 1. The van der Waals surface area contributed by atoms with Crippen molar-refractivity contribution in [1.82, 2.24) is 0 Å². The van der Waals surface area contributed by atoms with E-state index < -0.39 is 0 Å². The molecule has 3 nitrogen and oxygen atoms in total. The lowest BCUT2D eigenvalue weighted by Crippen LogP contribution is -2.05. The maximum Gasteiger partial charge on any atom is 0.165 e. The minimum Gasteiger partial charge on any atom is -0.495 e. The number of hydrogen-bond donors (Lipinski definition) is 1. The van der Waals surface area contributed by atoms with Gasteiger partial charge in [-0.3, -0.25) is 4.79 Å². The van der Waals surface area contributed by atoms with Crippen molar-refractivity contribution in [2.45, 2.75) is 32.6 Å². The third-order valence-electron chi connectivity index (χ3n) is 2.59. The van der Waals surface area contributed by atoms with Crippen molar-refractivity contribution in [3.63, 3.8) is 0 Å². The molecule has 0 heterocycles. The molecule has 1 rings (SSSR count). The van der Waals surface area contributed by atoms with Crippen LogP contribution in [0.15, 0.2) is 18.2 Å². The van der Waals surface area contributed by atoms with Crippen LogP contribution in [-0.2, 0) is 0 Å². The summed E-state index contributed by atoms with van der Waals surface area (Å²) >= 11 is 0. The quantitative estimate of drug-likeness (QED) is 0.456. The third kappa shape index (κ3) is 2.99. The molecular weight excluding hydrogens is 202 g/mol. The van der Waals surface area contributed by atoms with Crippen LogP contribution in [0.4, 0.5) is 5.69 Å². The van der Waals surface area contributed by atoms with E-state index in [0.29, 0.717) is 23.4 Å². The van der Waals surface area contributed by atoms with E-state index in [0.717, 1.165) is 19.3 Å². The summed E-state index contributed by atoms with van der Waals surface area (Å²) in [7, 11) is 1.55. The Morgan fingerprint density at radius 1 is 1.38 bits per heavy atom. The van der Waals surface area contributed by atoms with Crippen LogP contribution in [0, 0.1) is 0 Å². The summed E-state index contributed by atoms with van der Waals surface area (Å²) in [6.45, 7) is 2.12. The Balaban J connectivity index is 2.75. The van der Waals surface area contributed by atoms with Crippen LogP contribution in [-0.4, -0.2) is 12.9 Å². The first-order valence-electron chi connectivity index (χ1n) is 5.66. The van der Waals surface area contributed by atoms with E-state index in [-0.39, 0.29) is 5.78 Å². The lowest BCUT2D eigenvalue weighted by atomic mass is 10.0. The standard InChI is InChI=1S/C13H19NO2/c1-3-4-5-8-11(15)10-7-6-9-12(16-2)13(10)14/h6-7,9H,3-5,8,14H2,1-2H3. The fourth-order valence-corrected chi connectivity index (χ4v) is 1.64. The molecule has 0 fully saturated rings. The second-order valence-electron chi connectivity index (χ2n) is 3.80. The summed E-state index contributed by atoms with van der Waals surface area (Å²) in [5.74, 6) is 0.672. The number of nitrogen functional groups attached to an aromatic ring is 1. The van der Waals surface area contributed by atoms with Gasteiger partial charge in [-0.05, 0) is 18.6 Å². The largest absolute Gasteiger partial charge is 0.495 e. The highest BCUT2D eigenvalue weighted by atomic mass is 16.5. The molecule has 1 aromatic rings. The van der Waals surface area contributed by atoms with Crippen molar-refractivity contribution >= 4 is 11.5 Å². The minimum absolute atomic E-state index is 0.102. The van der Waals surface area contributed by atoms with E-state index >= 15 is 0 Å². The number of nitrogens with two attached hydrogens (primary N) is 1. The molecular formula is C13H19NO2. The molecule has 2 N–H and O–H groups in total. The normalized spacial score (nSPS) is 10.1. The van der Waals surface area contributed by atoms with Gasteiger partial charge in [-0.25, -0.2) is 0 Å². The summed E-state index contributed by atoms with van der Waals surface area (Å²) in [5.41, 5.74) is 6.88. The van der Waals surface area contributed by atoms with Crippen molar-refractivity contribution in [2.24, 2.45) is 0 Å². The van der Waals surface area contributed by atoms with E-state index in [9.17, 15) is 4.79 Å². The number of carbonyl (C=O) groups is 1. The predicted octanol–water partition coefficient (Wildman–Crippen LogP) is 3.04. The summed E-state index contributed by atoms with van der Waals surface area (Å²) in [4.78, 5) is 11.9. The third-order valence-corrected chi connectivity index (χ3v) is 2.59. The van der Waals surface area contributed by atoms with E-state index in [1.54, 1.807) is 25.3 Å². The van der Waals surface area contributed by atoms with E-state index in [1.807, 2.05) is 0 Å². The molecule has 0 aromatic heterocycles. The average molecular weight is 221 g/mol. The average Bonchev–Trinajstić information content (AvgIpc) is 2.29. The fourth-order valence-electron chi connectivity index (χ4n) is 1.64. The number of rotatable bonds is 6. The Morgan fingerprint density at radius 2 is 2.12 bits per heavy atom. The molecule has 0 saturated heterocycles. The molecule has 0 atom stereocenters. The van der Waals surface area contributed by atoms with Crippen LogP contribution in [0.2, 0.25) is 0 Å². The first-order chi connectivity index (χ1) is 7.70. The number of Topliss-reactive ketones (excluding diaryl/α,β-unsaturated/α-hetero) is 1. The van der Waals surface area contributed by atoms with Gasteiger partial charge in [-0.2, -0.15) is 0 Å². The molecule has 0 aliphatic rings. The van der Waals surface area contributed by atoms with Crippen LogP contribution in [0.5, 0.6) is 5.75 Å². The maximum absolute atomic E-state index is 11.9. The molecule has 0 bridgehead atoms. The van der Waals surface area contributed by atoms with E-state index in [2.05, 4.69) is 6.92 Å². The molecule has 1 aromatic carbocycles. The Labute approximate surface area is 96.6 Å². The van der Waals surface area contributed by atoms with E-state index in [1.165, 1.54) is 0 Å². The van der Waals surface area contributed by atoms with Crippen LogP contribution in [0.1, 0.15) is 43.0 Å². The number of benzene rings is 1. The first-order valence-corrected chi connectivity index (χ1v) is 5.66. The number of para-hydroxylation sites is 1. The monoisotopic (exact) mass is 221 g/mol. The maximum atomic E-state index is 11.9. The molecule has 0 aliphatic carbocycles. The summed E-state index contributed by atoms with van der Waals surface area (Å²) in [6.07, 6.45) is 3.67. The van der Waals surface area contributed by atoms with Gasteiger partial charge in [0.2, 0.25) is 0 Å². The van der Waals surface area contributed by atoms with Crippen LogP contribution < -0.4 is 10.5 Å². The van der Waals surface area contributed by atoms with Crippen LogP contribution in [0.25, 0.3) is 0 Å². The molecule has 0 spiro atoms. The highest BCUT2D eigenvalue weighted by Gasteiger charge is 2.12. The van der Waals surface area contributed by atoms with Gasteiger partial charge in [0.1, 0.15) is 5.75 Å². The SMILES string of the molecule is CCCCCC(=O)c1cccc(OC)c1N. The molecule has 16 heavy (non-hydrogen) atoms. The van der Waals surface area contributed by atoms with Gasteiger partial charge < -0.3 is 10.5 Å². The highest BCUT2D eigenvalue weighted by Crippen LogP contribution is 2.26.